The number of anilines is 1. The summed E-state index contributed by atoms with van der Waals surface area (Å²) in [5, 5.41) is 5.00. The van der Waals surface area contributed by atoms with Gasteiger partial charge in [0, 0.05) is 28.1 Å². The normalized spacial score (nSPS) is 10.7. The van der Waals surface area contributed by atoms with Crippen LogP contribution in [0.5, 0.6) is 11.6 Å². The Morgan fingerprint density at radius 3 is 2.29 bits per heavy atom. The summed E-state index contributed by atoms with van der Waals surface area (Å²) in [4.78, 5) is 28.7. The van der Waals surface area contributed by atoms with Gasteiger partial charge >= 0.3 is 6.03 Å². The summed E-state index contributed by atoms with van der Waals surface area (Å²) in [6.07, 6.45) is 0. The second kappa shape index (κ2) is 9.92. The minimum atomic E-state index is -1.27. The number of nitrogens with zero attached hydrogens (tertiary/aromatic N) is 1. The summed E-state index contributed by atoms with van der Waals surface area (Å²) in [5.41, 5.74) is -0.219. The van der Waals surface area contributed by atoms with Gasteiger partial charge in [-0.15, -0.1) is 0 Å². The molecule has 0 fully saturated rings. The van der Waals surface area contributed by atoms with E-state index in [1.165, 1.54) is 12.1 Å². The van der Waals surface area contributed by atoms with Crippen molar-refractivity contribution >= 4 is 67.7 Å². The van der Waals surface area contributed by atoms with Crippen molar-refractivity contribution in [2.75, 3.05) is 5.32 Å². The van der Waals surface area contributed by atoms with Gasteiger partial charge < -0.3 is 10.1 Å². The molecule has 6 nitrogen and oxygen atoms in total. The van der Waals surface area contributed by atoms with Crippen molar-refractivity contribution in [1.29, 1.82) is 0 Å². The molecule has 3 amide bonds. The molecule has 4 rings (SSSR count). The Hall–Kier alpha value is -3.27. The Morgan fingerprint density at radius 2 is 1.62 bits per heavy atom. The molecule has 0 aliphatic heterocycles. The van der Waals surface area contributed by atoms with Crippen molar-refractivity contribution in [3.05, 3.63) is 92.4 Å². The predicted molar refractivity (Wildman–Crippen MR) is 129 cm³/mol. The minimum Gasteiger partial charge on any atom is -0.439 e. The summed E-state index contributed by atoms with van der Waals surface area (Å²) in [5.74, 6) is -2.96. The average molecular weight is 567 g/mol. The van der Waals surface area contributed by atoms with E-state index in [-0.39, 0.29) is 27.4 Å². The molecule has 34 heavy (non-hydrogen) atoms. The van der Waals surface area contributed by atoms with Gasteiger partial charge in [0.05, 0.1) is 21.2 Å². The maximum absolute atomic E-state index is 13.7. The summed E-state index contributed by atoms with van der Waals surface area (Å²) < 4.78 is 34.1. The molecule has 0 saturated carbocycles. The standard InChI is InChI=1S/C23H12BrCl2F2N3O3/c24-12-5-6-18-11(8-12)4-7-19(29-18)34-13-9-14(25)21(15(26)10-13)30-23(33)31-22(32)20-16(27)2-1-3-17(20)28/h1-10H,(H2,30,31,32,33). The number of hydrogen-bond acceptors (Lipinski definition) is 4. The van der Waals surface area contributed by atoms with E-state index < -0.39 is 29.1 Å². The summed E-state index contributed by atoms with van der Waals surface area (Å²) in [7, 11) is 0. The third-order valence-corrected chi connectivity index (χ3v) is 5.61. The molecule has 0 radical (unpaired) electrons. The highest BCUT2D eigenvalue weighted by atomic mass is 79.9. The van der Waals surface area contributed by atoms with Gasteiger partial charge in [-0.1, -0.05) is 45.2 Å². The average Bonchev–Trinajstić information content (AvgIpc) is 2.76. The fourth-order valence-corrected chi connectivity index (χ4v) is 3.95. The van der Waals surface area contributed by atoms with Gasteiger partial charge in [0.25, 0.3) is 5.91 Å². The van der Waals surface area contributed by atoms with E-state index in [0.717, 1.165) is 28.1 Å². The van der Waals surface area contributed by atoms with Gasteiger partial charge in [-0.05, 0) is 36.4 Å². The van der Waals surface area contributed by atoms with Crippen molar-refractivity contribution in [3.63, 3.8) is 0 Å². The number of hydrogen-bond donors (Lipinski definition) is 2. The molecule has 0 aliphatic rings. The third-order valence-electron chi connectivity index (χ3n) is 4.52. The SMILES string of the molecule is O=C(NC(=O)c1c(F)cccc1F)Nc1c(Cl)cc(Oc2ccc3cc(Br)ccc3n2)cc1Cl. The van der Waals surface area contributed by atoms with E-state index in [9.17, 15) is 18.4 Å². The molecular formula is C23H12BrCl2F2N3O3. The molecule has 0 saturated heterocycles. The van der Waals surface area contributed by atoms with E-state index >= 15 is 0 Å². The van der Waals surface area contributed by atoms with Crippen LogP contribution < -0.4 is 15.4 Å². The summed E-state index contributed by atoms with van der Waals surface area (Å²) in [6, 6.07) is 13.7. The summed E-state index contributed by atoms with van der Waals surface area (Å²) >= 11 is 15.8. The number of carbonyl (C=O) groups is 2. The number of nitrogens with one attached hydrogen (secondary N) is 2. The first-order chi connectivity index (χ1) is 16.2. The zero-order valence-corrected chi connectivity index (χ0v) is 19.9. The van der Waals surface area contributed by atoms with Crippen LogP contribution in [-0.4, -0.2) is 16.9 Å². The van der Waals surface area contributed by atoms with Gasteiger partial charge in [0.15, 0.2) is 0 Å². The van der Waals surface area contributed by atoms with Crippen LogP contribution in [-0.2, 0) is 0 Å². The van der Waals surface area contributed by atoms with Crippen LogP contribution >= 0.6 is 39.1 Å². The first-order valence-corrected chi connectivity index (χ1v) is 11.1. The number of fused-ring (bicyclic) bond motifs is 1. The van der Waals surface area contributed by atoms with Gasteiger partial charge in [-0.2, -0.15) is 0 Å². The van der Waals surface area contributed by atoms with E-state index in [2.05, 4.69) is 26.2 Å². The molecule has 2 N–H and O–H groups in total. The van der Waals surface area contributed by atoms with Crippen LogP contribution in [0.1, 0.15) is 10.4 Å². The fourth-order valence-electron chi connectivity index (χ4n) is 3.01. The number of amides is 3. The largest absolute Gasteiger partial charge is 0.439 e. The number of carbonyl (C=O) groups excluding carboxylic acids is 2. The highest BCUT2D eigenvalue weighted by Gasteiger charge is 2.20. The number of rotatable bonds is 4. The number of aromatic nitrogens is 1. The van der Waals surface area contributed by atoms with Crippen molar-refractivity contribution < 1.29 is 23.1 Å². The highest BCUT2D eigenvalue weighted by molar-refractivity contribution is 9.10. The van der Waals surface area contributed by atoms with Gasteiger partial charge in [0.1, 0.15) is 22.9 Å². The Morgan fingerprint density at radius 1 is 0.941 bits per heavy atom. The molecule has 0 bridgehead atoms. The first-order valence-electron chi connectivity index (χ1n) is 9.51. The zero-order valence-electron chi connectivity index (χ0n) is 16.8. The Balaban J connectivity index is 1.48. The van der Waals surface area contributed by atoms with Crippen molar-refractivity contribution in [2.24, 2.45) is 0 Å². The van der Waals surface area contributed by atoms with Gasteiger partial charge in [-0.3, -0.25) is 10.1 Å². The van der Waals surface area contributed by atoms with Crippen molar-refractivity contribution in [2.45, 2.75) is 0 Å². The molecule has 0 unspecified atom stereocenters. The molecule has 172 valence electrons. The molecule has 3 aromatic carbocycles. The van der Waals surface area contributed by atoms with Crippen LogP contribution in [0.25, 0.3) is 10.9 Å². The van der Waals surface area contributed by atoms with Crippen LogP contribution in [0, 0.1) is 11.6 Å². The lowest BCUT2D eigenvalue weighted by Gasteiger charge is -2.13. The fraction of sp³-hybridized carbons (Fsp3) is 0. The second-order valence-electron chi connectivity index (χ2n) is 6.86. The number of pyridine rings is 1. The Labute approximate surface area is 210 Å². The second-order valence-corrected chi connectivity index (χ2v) is 8.59. The number of benzene rings is 3. The lowest BCUT2D eigenvalue weighted by molar-refractivity contribution is 0.0959. The molecule has 1 aromatic heterocycles. The highest BCUT2D eigenvalue weighted by Crippen LogP contribution is 2.36. The van der Waals surface area contributed by atoms with Gasteiger partial charge in [0.2, 0.25) is 5.88 Å². The molecule has 0 spiro atoms. The number of halogens is 5. The molecule has 0 aliphatic carbocycles. The lowest BCUT2D eigenvalue weighted by Crippen LogP contribution is -2.35. The minimum absolute atomic E-state index is 0.00751. The number of ether oxygens (including phenoxy) is 1. The number of imide groups is 1. The Bertz CT molecular complexity index is 1410. The summed E-state index contributed by atoms with van der Waals surface area (Å²) in [6.45, 7) is 0. The smallest absolute Gasteiger partial charge is 0.326 e. The zero-order chi connectivity index (χ0) is 24.4. The van der Waals surface area contributed by atoms with Crippen molar-refractivity contribution in [3.8, 4) is 11.6 Å². The maximum Gasteiger partial charge on any atom is 0.326 e. The van der Waals surface area contributed by atoms with Crippen LogP contribution in [0.2, 0.25) is 10.0 Å². The van der Waals surface area contributed by atoms with E-state index in [1.54, 1.807) is 6.07 Å². The lowest BCUT2D eigenvalue weighted by atomic mass is 10.2. The predicted octanol–water partition coefficient (Wildman–Crippen LogP) is 7.34. The van der Waals surface area contributed by atoms with Crippen LogP contribution in [0.15, 0.2) is 65.1 Å². The van der Waals surface area contributed by atoms with Crippen LogP contribution in [0.4, 0.5) is 19.3 Å². The van der Waals surface area contributed by atoms with Crippen molar-refractivity contribution in [1.82, 2.24) is 10.3 Å². The topological polar surface area (TPSA) is 80.3 Å². The van der Waals surface area contributed by atoms with E-state index in [4.69, 9.17) is 27.9 Å². The first kappa shape index (κ1) is 23.9. The molecule has 4 aromatic rings. The monoisotopic (exact) mass is 565 g/mol. The quantitative estimate of drug-likeness (QED) is 0.271. The molecule has 1 heterocycles. The molecular weight excluding hydrogens is 555 g/mol. The van der Waals surface area contributed by atoms with Gasteiger partial charge in [-0.25, -0.2) is 18.6 Å². The third kappa shape index (κ3) is 5.27. The maximum atomic E-state index is 13.7. The molecule has 0 atom stereocenters. The van der Waals surface area contributed by atoms with Crippen LogP contribution in [0.3, 0.4) is 0 Å². The van der Waals surface area contributed by atoms with E-state index in [0.29, 0.717) is 5.52 Å². The van der Waals surface area contributed by atoms with E-state index in [1.807, 2.05) is 29.6 Å². The number of urea groups is 1. The Kier molecular flexibility index (Phi) is 6.97. The molecule has 11 heteroatoms.